The molecule has 5 heteroatoms. The molecule has 0 radical (unpaired) electrons. The Labute approximate surface area is 165 Å². The second-order valence-electron chi connectivity index (χ2n) is 7.82. The van der Waals surface area contributed by atoms with Crippen molar-refractivity contribution < 1.29 is 13.9 Å². The number of ether oxygens (including phenoxy) is 1. The first-order valence-corrected chi connectivity index (χ1v) is 9.98. The molecule has 1 aliphatic heterocycles. The Morgan fingerprint density at radius 3 is 2.71 bits per heavy atom. The van der Waals surface area contributed by atoms with E-state index in [0.717, 1.165) is 35.6 Å². The van der Waals surface area contributed by atoms with E-state index in [-0.39, 0.29) is 11.8 Å². The molecule has 1 aliphatic rings. The van der Waals surface area contributed by atoms with Crippen LogP contribution in [0.5, 0.6) is 5.75 Å². The number of oxazole rings is 1. The van der Waals surface area contributed by atoms with Crippen LogP contribution < -0.4 is 4.74 Å². The van der Waals surface area contributed by atoms with Crippen molar-refractivity contribution in [3.05, 3.63) is 60.0 Å². The van der Waals surface area contributed by atoms with Gasteiger partial charge in [-0.2, -0.15) is 0 Å². The van der Waals surface area contributed by atoms with E-state index in [1.807, 2.05) is 53.4 Å². The quantitative estimate of drug-likeness (QED) is 0.635. The lowest BCUT2D eigenvalue weighted by atomic mass is 9.96. The first-order chi connectivity index (χ1) is 13.6. The third kappa shape index (κ3) is 4.03. The highest BCUT2D eigenvalue weighted by molar-refractivity contribution is 5.94. The van der Waals surface area contributed by atoms with Gasteiger partial charge in [-0.3, -0.25) is 4.79 Å². The van der Waals surface area contributed by atoms with Crippen LogP contribution in [0, 0.1) is 5.92 Å². The van der Waals surface area contributed by atoms with Gasteiger partial charge in [0.1, 0.15) is 11.3 Å². The van der Waals surface area contributed by atoms with Gasteiger partial charge in [0.25, 0.3) is 5.91 Å². The lowest BCUT2D eigenvalue weighted by Gasteiger charge is -2.30. The molecule has 0 bridgehead atoms. The number of hydrogen-bond donors (Lipinski definition) is 0. The number of carbonyl (C=O) groups excluding carboxylic acids is 1. The zero-order chi connectivity index (χ0) is 19.5. The van der Waals surface area contributed by atoms with Crippen LogP contribution in [0.4, 0.5) is 0 Å². The van der Waals surface area contributed by atoms with E-state index < -0.39 is 0 Å². The maximum Gasteiger partial charge on any atom is 0.253 e. The van der Waals surface area contributed by atoms with Gasteiger partial charge in [0.2, 0.25) is 0 Å². The largest absolute Gasteiger partial charge is 0.493 e. The second kappa shape index (κ2) is 8.05. The third-order valence-corrected chi connectivity index (χ3v) is 5.11. The topological polar surface area (TPSA) is 55.6 Å². The molecule has 1 saturated heterocycles. The van der Waals surface area contributed by atoms with Crippen LogP contribution in [0.25, 0.3) is 11.1 Å². The molecule has 146 valence electrons. The Kier molecular flexibility index (Phi) is 5.33. The number of carbonyl (C=O) groups is 1. The number of aromatic nitrogens is 1. The number of amides is 1. The minimum atomic E-state index is 0.0611. The molecule has 2 aromatic carbocycles. The molecule has 0 unspecified atom stereocenters. The molecule has 5 nitrogen and oxygen atoms in total. The summed E-state index contributed by atoms with van der Waals surface area (Å²) in [5, 5.41) is 0. The Hall–Kier alpha value is -2.82. The van der Waals surface area contributed by atoms with Gasteiger partial charge in [0, 0.05) is 24.6 Å². The Morgan fingerprint density at radius 1 is 1.18 bits per heavy atom. The number of fused-ring (bicyclic) bond motifs is 1. The zero-order valence-corrected chi connectivity index (χ0v) is 16.4. The molecule has 0 aliphatic carbocycles. The van der Waals surface area contributed by atoms with Crippen LogP contribution in [-0.2, 0) is 0 Å². The number of nitrogens with zero attached hydrogens (tertiary/aromatic N) is 2. The summed E-state index contributed by atoms with van der Waals surface area (Å²) in [6.45, 7) is 6.28. The summed E-state index contributed by atoms with van der Waals surface area (Å²) < 4.78 is 11.7. The van der Waals surface area contributed by atoms with Crippen molar-refractivity contribution in [3.8, 4) is 5.75 Å². The molecule has 1 fully saturated rings. The molecule has 0 atom stereocenters. The fourth-order valence-corrected chi connectivity index (χ4v) is 3.56. The lowest BCUT2D eigenvalue weighted by molar-refractivity contribution is 0.0706. The van der Waals surface area contributed by atoms with E-state index in [9.17, 15) is 4.79 Å². The molecular formula is C23H26N2O3. The van der Waals surface area contributed by atoms with Crippen molar-refractivity contribution in [3.63, 3.8) is 0 Å². The van der Waals surface area contributed by atoms with Gasteiger partial charge in [0.15, 0.2) is 11.5 Å². The van der Waals surface area contributed by atoms with Crippen molar-refractivity contribution >= 4 is 17.0 Å². The minimum absolute atomic E-state index is 0.0611. The molecule has 0 N–H and O–H groups in total. The van der Waals surface area contributed by atoms with E-state index in [2.05, 4.69) is 18.8 Å². The predicted molar refractivity (Wildman–Crippen MR) is 109 cm³/mol. The van der Waals surface area contributed by atoms with Gasteiger partial charge in [0.05, 0.1) is 6.61 Å². The lowest BCUT2D eigenvalue weighted by Crippen LogP contribution is -2.38. The molecule has 1 aromatic heterocycles. The Balaban J connectivity index is 1.39. The summed E-state index contributed by atoms with van der Waals surface area (Å²) in [5.74, 6) is 2.31. The average Bonchev–Trinajstić information content (AvgIpc) is 3.16. The molecular weight excluding hydrogens is 352 g/mol. The summed E-state index contributed by atoms with van der Waals surface area (Å²) >= 11 is 0. The highest BCUT2D eigenvalue weighted by atomic mass is 16.5. The van der Waals surface area contributed by atoms with E-state index in [0.29, 0.717) is 31.2 Å². The molecule has 2 heterocycles. The number of likely N-dealkylation sites (tertiary alicyclic amines) is 1. The maximum absolute atomic E-state index is 12.9. The highest BCUT2D eigenvalue weighted by Gasteiger charge is 2.27. The fraction of sp³-hybridized carbons (Fsp3) is 0.391. The van der Waals surface area contributed by atoms with E-state index in [1.165, 1.54) is 0 Å². The standard InChI is InChI=1S/C23H26N2O3/c1-16(2)15-27-19-7-5-6-18(14-19)23(26)25-12-10-17(11-13-25)22-24-20-8-3-4-9-21(20)28-22/h3-9,14,16-17H,10-13,15H2,1-2H3. The molecule has 0 spiro atoms. The fourth-order valence-electron chi connectivity index (χ4n) is 3.56. The van der Waals surface area contributed by atoms with E-state index >= 15 is 0 Å². The van der Waals surface area contributed by atoms with Crippen LogP contribution in [0.2, 0.25) is 0 Å². The summed E-state index contributed by atoms with van der Waals surface area (Å²) in [7, 11) is 0. The zero-order valence-electron chi connectivity index (χ0n) is 16.4. The molecule has 28 heavy (non-hydrogen) atoms. The van der Waals surface area contributed by atoms with Crippen molar-refractivity contribution in [2.45, 2.75) is 32.6 Å². The van der Waals surface area contributed by atoms with Crippen LogP contribution >= 0.6 is 0 Å². The Bertz CT molecular complexity index is 922. The number of piperidine rings is 1. The van der Waals surface area contributed by atoms with Crippen LogP contribution in [0.15, 0.2) is 52.9 Å². The first-order valence-electron chi connectivity index (χ1n) is 9.98. The van der Waals surface area contributed by atoms with Crippen molar-refractivity contribution in [2.24, 2.45) is 5.92 Å². The highest BCUT2D eigenvalue weighted by Crippen LogP contribution is 2.30. The van der Waals surface area contributed by atoms with Gasteiger partial charge in [-0.15, -0.1) is 0 Å². The molecule has 3 aromatic rings. The first kappa shape index (κ1) is 18.5. The van der Waals surface area contributed by atoms with Gasteiger partial charge in [-0.1, -0.05) is 32.0 Å². The van der Waals surface area contributed by atoms with Crippen molar-refractivity contribution in [1.82, 2.24) is 9.88 Å². The summed E-state index contributed by atoms with van der Waals surface area (Å²) in [6.07, 6.45) is 1.73. The summed E-state index contributed by atoms with van der Waals surface area (Å²) in [6, 6.07) is 15.3. The molecule has 0 saturated carbocycles. The van der Waals surface area contributed by atoms with Crippen molar-refractivity contribution in [2.75, 3.05) is 19.7 Å². The second-order valence-corrected chi connectivity index (χ2v) is 7.82. The monoisotopic (exact) mass is 378 g/mol. The number of para-hydroxylation sites is 2. The Morgan fingerprint density at radius 2 is 1.96 bits per heavy atom. The molecule has 4 rings (SSSR count). The predicted octanol–water partition coefficient (Wildman–Crippen LogP) is 4.88. The van der Waals surface area contributed by atoms with E-state index in [4.69, 9.17) is 9.15 Å². The van der Waals surface area contributed by atoms with Gasteiger partial charge < -0.3 is 14.1 Å². The maximum atomic E-state index is 12.9. The smallest absolute Gasteiger partial charge is 0.253 e. The van der Waals surface area contributed by atoms with Crippen LogP contribution in [0.3, 0.4) is 0 Å². The third-order valence-electron chi connectivity index (χ3n) is 5.11. The normalized spacial score (nSPS) is 15.3. The van der Waals surface area contributed by atoms with Gasteiger partial charge in [-0.25, -0.2) is 4.98 Å². The van der Waals surface area contributed by atoms with Crippen LogP contribution in [0.1, 0.15) is 48.9 Å². The number of hydrogen-bond acceptors (Lipinski definition) is 4. The number of rotatable bonds is 5. The van der Waals surface area contributed by atoms with Crippen molar-refractivity contribution in [1.29, 1.82) is 0 Å². The molecule has 1 amide bonds. The van der Waals surface area contributed by atoms with Gasteiger partial charge in [-0.05, 0) is 49.1 Å². The van der Waals surface area contributed by atoms with E-state index in [1.54, 1.807) is 0 Å². The minimum Gasteiger partial charge on any atom is -0.493 e. The average molecular weight is 378 g/mol. The van der Waals surface area contributed by atoms with Gasteiger partial charge >= 0.3 is 0 Å². The SMILES string of the molecule is CC(C)COc1cccc(C(=O)N2CCC(c3nc4ccccc4o3)CC2)c1. The summed E-state index contributed by atoms with van der Waals surface area (Å²) in [4.78, 5) is 19.4. The summed E-state index contributed by atoms with van der Waals surface area (Å²) in [5.41, 5.74) is 2.41. The van der Waals surface area contributed by atoms with Crippen LogP contribution in [-0.4, -0.2) is 35.5 Å². The number of benzene rings is 2.